The molecule has 2 aromatic rings. The molecule has 0 aliphatic rings. The summed E-state index contributed by atoms with van der Waals surface area (Å²) in [5.74, 6) is -1.11. The van der Waals surface area contributed by atoms with Crippen molar-refractivity contribution >= 4 is 11.9 Å². The lowest BCUT2D eigenvalue weighted by molar-refractivity contribution is -0.138. The van der Waals surface area contributed by atoms with E-state index in [2.05, 4.69) is 4.98 Å². The van der Waals surface area contributed by atoms with E-state index in [1.54, 1.807) is 20.8 Å². The second-order valence-corrected chi connectivity index (χ2v) is 5.22. The van der Waals surface area contributed by atoms with Crippen LogP contribution in [0.1, 0.15) is 30.1 Å². The molecule has 0 unspecified atom stereocenters. The summed E-state index contributed by atoms with van der Waals surface area (Å²) in [6, 6.07) is 8.98. The Morgan fingerprint density at radius 3 is 2.45 bits per heavy atom. The first-order chi connectivity index (χ1) is 10.4. The largest absolute Gasteiger partial charge is 0.480 e. The van der Waals surface area contributed by atoms with Gasteiger partial charge in [0.15, 0.2) is 0 Å². The molecule has 1 N–H and O–H groups in total. The summed E-state index contributed by atoms with van der Waals surface area (Å²) in [6.07, 6.45) is 0. The number of amides is 1. The zero-order valence-electron chi connectivity index (χ0n) is 12.7. The van der Waals surface area contributed by atoms with E-state index < -0.39 is 11.9 Å². The highest BCUT2D eigenvalue weighted by molar-refractivity contribution is 5.94. The molecule has 0 spiro atoms. The molecule has 6 nitrogen and oxygen atoms in total. The Bertz CT molecular complexity index is 677. The number of hydrogen-bond acceptors (Lipinski definition) is 4. The van der Waals surface area contributed by atoms with E-state index in [0.29, 0.717) is 11.6 Å². The van der Waals surface area contributed by atoms with Crippen molar-refractivity contribution in [2.75, 3.05) is 6.54 Å². The lowest BCUT2D eigenvalue weighted by Crippen LogP contribution is -2.40. The number of carbonyl (C=O) groups is 2. The summed E-state index contributed by atoms with van der Waals surface area (Å²) in [5.41, 5.74) is 1.21. The maximum Gasteiger partial charge on any atom is 0.323 e. The van der Waals surface area contributed by atoms with E-state index >= 15 is 0 Å². The number of rotatable bonds is 5. The van der Waals surface area contributed by atoms with E-state index in [-0.39, 0.29) is 18.3 Å². The summed E-state index contributed by atoms with van der Waals surface area (Å²) in [7, 11) is 0. The van der Waals surface area contributed by atoms with Gasteiger partial charge in [0.25, 0.3) is 5.91 Å². The predicted molar refractivity (Wildman–Crippen MR) is 80.5 cm³/mol. The monoisotopic (exact) mass is 302 g/mol. The first-order valence-electron chi connectivity index (χ1n) is 6.95. The van der Waals surface area contributed by atoms with Gasteiger partial charge in [-0.15, -0.1) is 0 Å². The molecule has 116 valence electrons. The van der Waals surface area contributed by atoms with Crippen LogP contribution in [0, 0.1) is 6.92 Å². The molecule has 6 heteroatoms. The minimum Gasteiger partial charge on any atom is -0.480 e. The molecule has 0 saturated carbocycles. The average Bonchev–Trinajstić information content (AvgIpc) is 2.86. The summed E-state index contributed by atoms with van der Waals surface area (Å²) in [4.78, 5) is 28.9. The molecule has 22 heavy (non-hydrogen) atoms. The van der Waals surface area contributed by atoms with E-state index in [0.717, 1.165) is 5.56 Å². The van der Waals surface area contributed by atoms with Gasteiger partial charge in [0.05, 0.1) is 5.69 Å². The quantitative estimate of drug-likeness (QED) is 0.917. The van der Waals surface area contributed by atoms with Gasteiger partial charge in [0.2, 0.25) is 11.7 Å². The molecule has 0 atom stereocenters. The van der Waals surface area contributed by atoms with Crippen LogP contribution in [0.4, 0.5) is 0 Å². The molecule has 1 heterocycles. The van der Waals surface area contributed by atoms with Crippen molar-refractivity contribution in [2.24, 2.45) is 0 Å². The molecule has 2 rings (SSSR count). The fourth-order valence-electron chi connectivity index (χ4n) is 2.06. The van der Waals surface area contributed by atoms with Crippen LogP contribution in [-0.2, 0) is 4.79 Å². The number of carbonyl (C=O) groups excluding carboxylic acids is 1. The van der Waals surface area contributed by atoms with Crippen molar-refractivity contribution in [3.05, 3.63) is 41.8 Å². The molecular formula is C16H18N2O4. The highest BCUT2D eigenvalue weighted by Crippen LogP contribution is 2.23. The topological polar surface area (TPSA) is 83.6 Å². The van der Waals surface area contributed by atoms with Crippen molar-refractivity contribution < 1.29 is 19.1 Å². The number of oxazole rings is 1. The Kier molecular flexibility index (Phi) is 4.60. The second kappa shape index (κ2) is 6.43. The maximum atomic E-state index is 12.5. The molecular weight excluding hydrogens is 284 g/mol. The van der Waals surface area contributed by atoms with Crippen molar-refractivity contribution in [1.29, 1.82) is 0 Å². The SMILES string of the molecule is Cc1nc(-c2ccccc2)oc1C(=O)N(CC(=O)O)C(C)C. The van der Waals surface area contributed by atoms with Gasteiger partial charge in [-0.3, -0.25) is 9.59 Å². The molecule has 0 fully saturated rings. The summed E-state index contributed by atoms with van der Waals surface area (Å²) < 4.78 is 5.58. The lowest BCUT2D eigenvalue weighted by Gasteiger charge is -2.23. The van der Waals surface area contributed by atoms with Crippen molar-refractivity contribution in [2.45, 2.75) is 26.8 Å². The molecule has 0 aliphatic heterocycles. The highest BCUT2D eigenvalue weighted by atomic mass is 16.4. The Morgan fingerprint density at radius 2 is 1.91 bits per heavy atom. The zero-order chi connectivity index (χ0) is 16.3. The number of aliphatic carboxylic acids is 1. The van der Waals surface area contributed by atoms with Gasteiger partial charge < -0.3 is 14.4 Å². The van der Waals surface area contributed by atoms with E-state index in [1.807, 2.05) is 30.3 Å². The smallest absolute Gasteiger partial charge is 0.323 e. The molecule has 0 radical (unpaired) electrons. The van der Waals surface area contributed by atoms with Crippen LogP contribution >= 0.6 is 0 Å². The predicted octanol–water partition coefficient (Wildman–Crippen LogP) is 2.59. The Balaban J connectivity index is 2.34. The number of carboxylic acids is 1. The van der Waals surface area contributed by atoms with Crippen LogP contribution in [0.3, 0.4) is 0 Å². The third-order valence-corrected chi connectivity index (χ3v) is 3.20. The average molecular weight is 302 g/mol. The summed E-state index contributed by atoms with van der Waals surface area (Å²) in [5, 5.41) is 8.94. The van der Waals surface area contributed by atoms with Crippen molar-refractivity contribution in [3.8, 4) is 11.5 Å². The third kappa shape index (κ3) is 3.33. The number of aryl methyl sites for hydroxylation is 1. The van der Waals surface area contributed by atoms with Crippen molar-refractivity contribution in [1.82, 2.24) is 9.88 Å². The van der Waals surface area contributed by atoms with Crippen LogP contribution < -0.4 is 0 Å². The van der Waals surface area contributed by atoms with Crippen LogP contribution in [0.2, 0.25) is 0 Å². The molecule has 0 saturated heterocycles. The highest BCUT2D eigenvalue weighted by Gasteiger charge is 2.27. The summed E-state index contributed by atoms with van der Waals surface area (Å²) >= 11 is 0. The Labute approximate surface area is 128 Å². The van der Waals surface area contributed by atoms with Gasteiger partial charge in [-0.25, -0.2) is 4.98 Å². The number of aromatic nitrogens is 1. The molecule has 1 aromatic heterocycles. The van der Waals surface area contributed by atoms with Crippen molar-refractivity contribution in [3.63, 3.8) is 0 Å². The lowest BCUT2D eigenvalue weighted by atomic mass is 10.2. The van der Waals surface area contributed by atoms with Crippen LogP contribution in [-0.4, -0.2) is 39.5 Å². The van der Waals surface area contributed by atoms with Gasteiger partial charge in [-0.1, -0.05) is 18.2 Å². The number of nitrogens with zero attached hydrogens (tertiary/aromatic N) is 2. The van der Waals surface area contributed by atoms with Gasteiger partial charge in [-0.2, -0.15) is 0 Å². The third-order valence-electron chi connectivity index (χ3n) is 3.20. The maximum absolute atomic E-state index is 12.5. The fraction of sp³-hybridized carbons (Fsp3) is 0.312. The van der Waals surface area contributed by atoms with Crippen LogP contribution in [0.25, 0.3) is 11.5 Å². The zero-order valence-corrected chi connectivity index (χ0v) is 12.7. The van der Waals surface area contributed by atoms with E-state index in [9.17, 15) is 9.59 Å². The Hall–Kier alpha value is -2.63. The van der Waals surface area contributed by atoms with Gasteiger partial charge in [0.1, 0.15) is 6.54 Å². The van der Waals surface area contributed by atoms with E-state index in [4.69, 9.17) is 9.52 Å². The first-order valence-corrected chi connectivity index (χ1v) is 6.95. The molecule has 0 bridgehead atoms. The second-order valence-electron chi connectivity index (χ2n) is 5.22. The van der Waals surface area contributed by atoms with Gasteiger partial charge in [-0.05, 0) is 32.9 Å². The normalized spacial score (nSPS) is 10.7. The molecule has 1 aromatic carbocycles. The van der Waals surface area contributed by atoms with Gasteiger partial charge in [0, 0.05) is 11.6 Å². The number of carboxylic acid groups (broad SMARTS) is 1. The fourth-order valence-corrected chi connectivity index (χ4v) is 2.06. The molecule has 0 aliphatic carbocycles. The summed E-state index contributed by atoms with van der Waals surface area (Å²) in [6.45, 7) is 4.80. The number of benzene rings is 1. The Morgan fingerprint density at radius 1 is 1.27 bits per heavy atom. The van der Waals surface area contributed by atoms with Crippen LogP contribution in [0.5, 0.6) is 0 Å². The number of hydrogen-bond donors (Lipinski definition) is 1. The van der Waals surface area contributed by atoms with E-state index in [1.165, 1.54) is 4.90 Å². The molecule has 1 amide bonds. The van der Waals surface area contributed by atoms with Gasteiger partial charge >= 0.3 is 5.97 Å². The minimum atomic E-state index is -1.07. The first kappa shape index (κ1) is 15.8. The minimum absolute atomic E-state index is 0.0776. The van der Waals surface area contributed by atoms with Crippen LogP contribution in [0.15, 0.2) is 34.7 Å². The standard InChI is InChI=1S/C16H18N2O4/c1-10(2)18(9-13(19)20)16(21)14-11(3)17-15(22-14)12-7-5-4-6-8-12/h4-8,10H,9H2,1-3H3,(H,19,20).